The molecule has 0 atom stereocenters. The molecule has 0 N–H and O–H groups in total. The molecule has 0 aliphatic carbocycles. The fraction of sp³-hybridized carbons (Fsp3) is 0.278. The highest BCUT2D eigenvalue weighted by atomic mass is 32.1. The molecular formula is C18H21N3OS. The molecule has 23 heavy (non-hydrogen) atoms. The monoisotopic (exact) mass is 327 g/mol. The van der Waals surface area contributed by atoms with Gasteiger partial charge in [0.05, 0.1) is 5.56 Å². The summed E-state index contributed by atoms with van der Waals surface area (Å²) in [5, 5.41) is 4.56. The van der Waals surface area contributed by atoms with Crippen LogP contribution in [-0.2, 0) is 0 Å². The van der Waals surface area contributed by atoms with Crippen molar-refractivity contribution in [3.8, 4) is 0 Å². The molecule has 0 saturated heterocycles. The Balaban J connectivity index is 2.29. The Morgan fingerprint density at radius 1 is 1.35 bits per heavy atom. The molecule has 0 amide bonds. The van der Waals surface area contributed by atoms with E-state index >= 15 is 0 Å². The Morgan fingerprint density at radius 2 is 2.09 bits per heavy atom. The van der Waals surface area contributed by atoms with Gasteiger partial charge in [-0.1, -0.05) is 56.7 Å². The van der Waals surface area contributed by atoms with Crippen molar-refractivity contribution in [2.24, 2.45) is 5.10 Å². The normalized spacial score (nSPS) is 11.0. The summed E-state index contributed by atoms with van der Waals surface area (Å²) in [6.45, 7) is 6.18. The first-order chi connectivity index (χ1) is 11.1. The zero-order valence-electron chi connectivity index (χ0n) is 13.3. The van der Waals surface area contributed by atoms with Crippen LogP contribution < -0.4 is 5.56 Å². The van der Waals surface area contributed by atoms with Gasteiger partial charge in [0.25, 0.3) is 5.56 Å². The number of nitrogens with zero attached hydrogens (tertiary/aromatic N) is 3. The van der Waals surface area contributed by atoms with E-state index in [9.17, 15) is 4.79 Å². The lowest BCUT2D eigenvalue weighted by Crippen LogP contribution is -2.22. The van der Waals surface area contributed by atoms with E-state index in [1.165, 1.54) is 11.0 Å². The third-order valence-corrected chi connectivity index (χ3v) is 3.84. The summed E-state index contributed by atoms with van der Waals surface area (Å²) in [6.07, 6.45) is 7.37. The molecule has 1 aromatic carbocycles. The van der Waals surface area contributed by atoms with Gasteiger partial charge in [0.15, 0.2) is 0 Å². The van der Waals surface area contributed by atoms with Crippen molar-refractivity contribution in [2.75, 3.05) is 0 Å². The van der Waals surface area contributed by atoms with Crippen LogP contribution in [0.25, 0.3) is 5.57 Å². The molecule has 2 rings (SSSR count). The number of hydrogen-bond donors (Lipinski definition) is 1. The lowest BCUT2D eigenvalue weighted by molar-refractivity contribution is 0.732. The fourth-order valence-electron chi connectivity index (χ4n) is 2.20. The summed E-state index contributed by atoms with van der Waals surface area (Å²) in [7, 11) is 0. The Bertz CT molecular complexity index is 751. The van der Waals surface area contributed by atoms with Gasteiger partial charge in [-0.25, -0.2) is 4.98 Å². The van der Waals surface area contributed by atoms with Gasteiger partial charge in [0.2, 0.25) is 0 Å². The average molecular weight is 327 g/mol. The highest BCUT2D eigenvalue weighted by molar-refractivity contribution is 7.80. The van der Waals surface area contributed by atoms with E-state index in [4.69, 9.17) is 0 Å². The van der Waals surface area contributed by atoms with Crippen LogP contribution in [0.3, 0.4) is 0 Å². The van der Waals surface area contributed by atoms with E-state index in [0.717, 1.165) is 31.2 Å². The lowest BCUT2D eigenvalue weighted by Gasteiger charge is -2.09. The predicted molar refractivity (Wildman–Crippen MR) is 98.4 cm³/mol. The zero-order valence-corrected chi connectivity index (χ0v) is 14.2. The van der Waals surface area contributed by atoms with Gasteiger partial charge in [-0.3, -0.25) is 4.79 Å². The molecule has 0 saturated carbocycles. The molecule has 0 radical (unpaired) electrons. The van der Waals surface area contributed by atoms with Gasteiger partial charge >= 0.3 is 0 Å². The van der Waals surface area contributed by atoms with Crippen LogP contribution in [-0.4, -0.2) is 15.9 Å². The smallest absolute Gasteiger partial charge is 0.267 e. The Kier molecular flexibility index (Phi) is 6.35. The largest absolute Gasteiger partial charge is 0.282 e. The van der Waals surface area contributed by atoms with Crippen LogP contribution in [0.2, 0.25) is 0 Å². The van der Waals surface area contributed by atoms with Crippen molar-refractivity contribution in [1.29, 1.82) is 0 Å². The Labute approximate surface area is 142 Å². The van der Waals surface area contributed by atoms with Crippen LogP contribution >= 0.6 is 12.6 Å². The molecule has 0 spiro atoms. The zero-order chi connectivity index (χ0) is 16.7. The van der Waals surface area contributed by atoms with Crippen molar-refractivity contribution < 1.29 is 0 Å². The summed E-state index contributed by atoms with van der Waals surface area (Å²) in [5.41, 5.74) is 1.59. The summed E-state index contributed by atoms with van der Waals surface area (Å²) >= 11 is 4.30. The topological polar surface area (TPSA) is 47.2 Å². The molecule has 2 aromatic rings. The summed E-state index contributed by atoms with van der Waals surface area (Å²) in [4.78, 5) is 16.8. The highest BCUT2D eigenvalue weighted by Gasteiger charge is 2.13. The second-order valence-corrected chi connectivity index (χ2v) is 5.65. The number of rotatable bonds is 7. The molecule has 4 nitrogen and oxygen atoms in total. The molecule has 1 heterocycles. The second-order valence-electron chi connectivity index (χ2n) is 5.23. The van der Waals surface area contributed by atoms with Crippen molar-refractivity contribution in [3.63, 3.8) is 0 Å². The Morgan fingerprint density at radius 3 is 2.78 bits per heavy atom. The van der Waals surface area contributed by atoms with Crippen LogP contribution in [0.4, 0.5) is 0 Å². The molecule has 0 aliphatic heterocycles. The molecule has 0 fully saturated rings. The third kappa shape index (κ3) is 4.42. The van der Waals surface area contributed by atoms with E-state index in [1.807, 2.05) is 30.3 Å². The van der Waals surface area contributed by atoms with Gasteiger partial charge < -0.3 is 0 Å². The molecular weight excluding hydrogens is 306 g/mol. The molecule has 1 aromatic heterocycles. The minimum absolute atomic E-state index is 0.259. The van der Waals surface area contributed by atoms with Gasteiger partial charge in [0, 0.05) is 6.21 Å². The van der Waals surface area contributed by atoms with Gasteiger partial charge in [0.1, 0.15) is 11.4 Å². The molecule has 120 valence electrons. The van der Waals surface area contributed by atoms with E-state index < -0.39 is 0 Å². The second kappa shape index (κ2) is 8.48. The van der Waals surface area contributed by atoms with Crippen molar-refractivity contribution in [2.45, 2.75) is 37.6 Å². The number of benzene rings is 1. The summed E-state index contributed by atoms with van der Waals surface area (Å²) < 4.78 is 1.25. The van der Waals surface area contributed by atoms with E-state index in [2.05, 4.69) is 36.2 Å². The fourth-order valence-corrected chi connectivity index (χ4v) is 2.48. The van der Waals surface area contributed by atoms with Crippen molar-refractivity contribution in [3.05, 3.63) is 64.7 Å². The average Bonchev–Trinajstić information content (AvgIpc) is 2.57. The van der Waals surface area contributed by atoms with Crippen molar-refractivity contribution >= 4 is 24.4 Å². The van der Waals surface area contributed by atoms with E-state index in [1.54, 1.807) is 6.21 Å². The molecule has 0 unspecified atom stereocenters. The van der Waals surface area contributed by atoms with Crippen LogP contribution in [0.1, 0.15) is 43.7 Å². The highest BCUT2D eigenvalue weighted by Crippen LogP contribution is 2.22. The standard InChI is InChI=1S/C18H21N3OS/c1-3-4-5-9-12-20-21-13-19-17(23)16(18(21)22)14(2)15-10-7-6-8-11-15/h6-8,10-13,23H,2-5,9H2,1H3/b20-12+. The first-order valence-electron chi connectivity index (χ1n) is 7.73. The van der Waals surface area contributed by atoms with Gasteiger partial charge in [-0.05, 0) is 24.0 Å². The van der Waals surface area contributed by atoms with Gasteiger partial charge in [-0.15, -0.1) is 12.6 Å². The molecule has 5 heteroatoms. The quantitative estimate of drug-likeness (QED) is 0.361. The van der Waals surface area contributed by atoms with Crippen LogP contribution in [0.5, 0.6) is 0 Å². The van der Waals surface area contributed by atoms with Gasteiger partial charge in [-0.2, -0.15) is 9.78 Å². The van der Waals surface area contributed by atoms with Crippen LogP contribution in [0, 0.1) is 0 Å². The minimum Gasteiger partial charge on any atom is -0.267 e. The summed E-state index contributed by atoms with van der Waals surface area (Å²) in [5.74, 6) is 0. The number of unbranched alkanes of at least 4 members (excludes halogenated alkanes) is 3. The van der Waals surface area contributed by atoms with Crippen molar-refractivity contribution in [1.82, 2.24) is 9.66 Å². The predicted octanol–water partition coefficient (Wildman–Crippen LogP) is 4.01. The molecule has 0 aliphatic rings. The van der Waals surface area contributed by atoms with E-state index in [0.29, 0.717) is 16.2 Å². The molecule has 0 bridgehead atoms. The SMILES string of the molecule is C=C(c1ccccc1)c1c(S)ncn(/N=C/CCCCC)c1=O. The maximum Gasteiger partial charge on any atom is 0.282 e. The third-order valence-electron chi connectivity index (χ3n) is 3.50. The first kappa shape index (κ1) is 17.2. The Hall–Kier alpha value is -2.14. The minimum atomic E-state index is -0.259. The summed E-state index contributed by atoms with van der Waals surface area (Å²) in [6, 6.07) is 9.53. The number of aromatic nitrogens is 2. The van der Waals surface area contributed by atoms with Crippen LogP contribution in [0.15, 0.2) is 58.2 Å². The lowest BCUT2D eigenvalue weighted by atomic mass is 10.0. The maximum absolute atomic E-state index is 12.6. The first-order valence-corrected chi connectivity index (χ1v) is 8.18. The number of hydrogen-bond acceptors (Lipinski definition) is 4. The maximum atomic E-state index is 12.6. The van der Waals surface area contributed by atoms with E-state index in [-0.39, 0.29) is 5.56 Å². The number of thiol groups is 1.